The fourth-order valence-corrected chi connectivity index (χ4v) is 3.14. The van der Waals surface area contributed by atoms with Crippen LogP contribution in [-0.4, -0.2) is 50.5 Å². The summed E-state index contributed by atoms with van der Waals surface area (Å²) in [6, 6.07) is 0.547. The van der Waals surface area contributed by atoms with Crippen LogP contribution in [-0.2, 0) is 4.79 Å². The molecule has 0 aromatic rings. The van der Waals surface area contributed by atoms with E-state index in [-0.39, 0.29) is 11.3 Å². The highest BCUT2D eigenvalue weighted by Gasteiger charge is 2.42. The van der Waals surface area contributed by atoms with E-state index in [0.717, 1.165) is 37.6 Å². The zero-order chi connectivity index (χ0) is 14.8. The molecule has 2 fully saturated rings. The SMILES string of the molecule is CN=C(NCC1(C(=O)N(C)C)CCCC1)NC1CC1C. The van der Waals surface area contributed by atoms with Gasteiger partial charge in [0.05, 0.1) is 5.41 Å². The van der Waals surface area contributed by atoms with Crippen LogP contribution in [0.4, 0.5) is 0 Å². The predicted molar refractivity (Wildman–Crippen MR) is 81.7 cm³/mol. The summed E-state index contributed by atoms with van der Waals surface area (Å²) in [7, 11) is 5.49. The number of carbonyl (C=O) groups excluding carboxylic acids is 1. The second-order valence-corrected chi connectivity index (χ2v) is 6.58. The number of nitrogens with zero attached hydrogens (tertiary/aromatic N) is 2. The smallest absolute Gasteiger partial charge is 0.230 e. The molecule has 2 N–H and O–H groups in total. The molecule has 0 saturated heterocycles. The van der Waals surface area contributed by atoms with E-state index < -0.39 is 0 Å². The van der Waals surface area contributed by atoms with Gasteiger partial charge in [-0.15, -0.1) is 0 Å². The van der Waals surface area contributed by atoms with Crippen molar-refractivity contribution in [1.82, 2.24) is 15.5 Å². The molecular weight excluding hydrogens is 252 g/mol. The number of aliphatic imine (C=N–C) groups is 1. The Morgan fingerprint density at radius 1 is 1.35 bits per heavy atom. The first-order chi connectivity index (χ1) is 9.48. The van der Waals surface area contributed by atoms with E-state index in [0.29, 0.717) is 12.6 Å². The average Bonchev–Trinajstić information content (AvgIpc) is 2.93. The van der Waals surface area contributed by atoms with Crippen molar-refractivity contribution >= 4 is 11.9 Å². The third kappa shape index (κ3) is 3.25. The van der Waals surface area contributed by atoms with Gasteiger partial charge in [-0.1, -0.05) is 19.8 Å². The molecular formula is C15H28N4O. The van der Waals surface area contributed by atoms with Crippen molar-refractivity contribution in [1.29, 1.82) is 0 Å². The van der Waals surface area contributed by atoms with Gasteiger partial charge in [0, 0.05) is 33.7 Å². The molecule has 0 aromatic carbocycles. The molecule has 2 atom stereocenters. The van der Waals surface area contributed by atoms with Gasteiger partial charge in [-0.2, -0.15) is 0 Å². The largest absolute Gasteiger partial charge is 0.355 e. The molecule has 0 heterocycles. The standard InChI is InChI=1S/C15H28N4O/c1-11-9-12(11)18-14(16-2)17-10-15(7-5-6-8-15)13(20)19(3)4/h11-12H,5-10H2,1-4H3,(H2,16,17,18). The lowest BCUT2D eigenvalue weighted by Crippen LogP contribution is -2.49. The van der Waals surface area contributed by atoms with Crippen LogP contribution >= 0.6 is 0 Å². The summed E-state index contributed by atoms with van der Waals surface area (Å²) in [6.07, 6.45) is 5.46. The molecule has 2 saturated carbocycles. The van der Waals surface area contributed by atoms with Gasteiger partial charge >= 0.3 is 0 Å². The first-order valence-corrected chi connectivity index (χ1v) is 7.67. The third-order valence-electron chi connectivity index (χ3n) is 4.67. The maximum Gasteiger partial charge on any atom is 0.230 e. The molecule has 0 aliphatic heterocycles. The van der Waals surface area contributed by atoms with E-state index in [1.165, 1.54) is 6.42 Å². The molecule has 114 valence electrons. The molecule has 0 spiro atoms. The van der Waals surface area contributed by atoms with Crippen LogP contribution in [0.5, 0.6) is 0 Å². The summed E-state index contributed by atoms with van der Waals surface area (Å²) in [6.45, 7) is 2.92. The lowest BCUT2D eigenvalue weighted by molar-refractivity contribution is -0.138. The van der Waals surface area contributed by atoms with Gasteiger partial charge in [0.2, 0.25) is 5.91 Å². The number of amides is 1. The van der Waals surface area contributed by atoms with Crippen LogP contribution < -0.4 is 10.6 Å². The monoisotopic (exact) mass is 280 g/mol. The quantitative estimate of drug-likeness (QED) is 0.601. The number of hydrogen-bond acceptors (Lipinski definition) is 2. The minimum Gasteiger partial charge on any atom is -0.355 e. The molecule has 0 aromatic heterocycles. The maximum atomic E-state index is 12.5. The Kier molecular flexibility index (Phi) is 4.55. The summed E-state index contributed by atoms with van der Waals surface area (Å²) < 4.78 is 0. The summed E-state index contributed by atoms with van der Waals surface area (Å²) in [5.41, 5.74) is -0.240. The minimum absolute atomic E-state index is 0.240. The molecule has 20 heavy (non-hydrogen) atoms. The van der Waals surface area contributed by atoms with Crippen molar-refractivity contribution in [2.45, 2.75) is 45.1 Å². The molecule has 2 unspecified atom stereocenters. The van der Waals surface area contributed by atoms with Crippen LogP contribution in [0.25, 0.3) is 0 Å². The predicted octanol–water partition coefficient (Wildman–Crippen LogP) is 1.21. The van der Waals surface area contributed by atoms with Crippen LogP contribution in [0.2, 0.25) is 0 Å². The molecule has 2 aliphatic carbocycles. The van der Waals surface area contributed by atoms with Gasteiger partial charge in [0.15, 0.2) is 5.96 Å². The summed E-state index contributed by atoms with van der Waals surface area (Å²) in [5.74, 6) is 1.81. The van der Waals surface area contributed by atoms with Crippen LogP contribution in [0.3, 0.4) is 0 Å². The molecule has 1 amide bonds. The second kappa shape index (κ2) is 6.02. The Hall–Kier alpha value is -1.26. The summed E-state index contributed by atoms with van der Waals surface area (Å²) >= 11 is 0. The van der Waals surface area contributed by atoms with E-state index in [2.05, 4.69) is 22.5 Å². The lowest BCUT2D eigenvalue weighted by atomic mass is 9.84. The number of hydrogen-bond donors (Lipinski definition) is 2. The van der Waals surface area contributed by atoms with Gasteiger partial charge in [-0.05, 0) is 25.2 Å². The molecule has 0 radical (unpaired) electrons. The van der Waals surface area contributed by atoms with Gasteiger partial charge in [-0.3, -0.25) is 9.79 Å². The Balaban J connectivity index is 1.93. The van der Waals surface area contributed by atoms with Gasteiger partial charge in [-0.25, -0.2) is 0 Å². The number of rotatable bonds is 4. The van der Waals surface area contributed by atoms with E-state index in [9.17, 15) is 4.79 Å². The zero-order valence-electron chi connectivity index (χ0n) is 13.2. The highest BCUT2D eigenvalue weighted by atomic mass is 16.2. The highest BCUT2D eigenvalue weighted by molar-refractivity contribution is 5.85. The zero-order valence-corrected chi connectivity index (χ0v) is 13.2. The van der Waals surface area contributed by atoms with Gasteiger partial charge < -0.3 is 15.5 Å². The molecule has 0 bridgehead atoms. The van der Waals surface area contributed by atoms with E-state index in [1.807, 2.05) is 14.1 Å². The average molecular weight is 280 g/mol. The van der Waals surface area contributed by atoms with Crippen molar-refractivity contribution in [2.24, 2.45) is 16.3 Å². The molecule has 2 aliphatic rings. The number of guanidine groups is 1. The van der Waals surface area contributed by atoms with Crippen molar-refractivity contribution in [2.75, 3.05) is 27.7 Å². The normalized spacial score (nSPS) is 28.1. The Bertz CT molecular complexity index is 385. The van der Waals surface area contributed by atoms with E-state index >= 15 is 0 Å². The third-order valence-corrected chi connectivity index (χ3v) is 4.67. The topological polar surface area (TPSA) is 56.7 Å². The Morgan fingerprint density at radius 2 is 1.95 bits per heavy atom. The molecule has 5 heteroatoms. The van der Waals surface area contributed by atoms with E-state index in [4.69, 9.17) is 0 Å². The van der Waals surface area contributed by atoms with Crippen molar-refractivity contribution < 1.29 is 4.79 Å². The number of carbonyl (C=O) groups is 1. The van der Waals surface area contributed by atoms with Gasteiger partial charge in [0.1, 0.15) is 0 Å². The fraction of sp³-hybridized carbons (Fsp3) is 0.867. The van der Waals surface area contributed by atoms with Crippen molar-refractivity contribution in [3.8, 4) is 0 Å². The first-order valence-electron chi connectivity index (χ1n) is 7.67. The minimum atomic E-state index is -0.240. The van der Waals surface area contributed by atoms with Crippen LogP contribution in [0.1, 0.15) is 39.0 Å². The fourth-order valence-electron chi connectivity index (χ4n) is 3.14. The summed E-state index contributed by atoms with van der Waals surface area (Å²) in [4.78, 5) is 18.5. The van der Waals surface area contributed by atoms with Crippen LogP contribution in [0.15, 0.2) is 4.99 Å². The second-order valence-electron chi connectivity index (χ2n) is 6.58. The number of nitrogens with one attached hydrogen (secondary N) is 2. The Morgan fingerprint density at radius 3 is 2.40 bits per heavy atom. The van der Waals surface area contributed by atoms with E-state index in [1.54, 1.807) is 11.9 Å². The maximum absolute atomic E-state index is 12.5. The molecule has 2 rings (SSSR count). The Labute approximate surface area is 122 Å². The highest BCUT2D eigenvalue weighted by Crippen LogP contribution is 2.39. The van der Waals surface area contributed by atoms with Crippen molar-refractivity contribution in [3.05, 3.63) is 0 Å². The summed E-state index contributed by atoms with van der Waals surface area (Å²) in [5, 5.41) is 6.78. The van der Waals surface area contributed by atoms with Gasteiger partial charge in [0.25, 0.3) is 0 Å². The van der Waals surface area contributed by atoms with Crippen LogP contribution in [0, 0.1) is 11.3 Å². The van der Waals surface area contributed by atoms with Crippen molar-refractivity contribution in [3.63, 3.8) is 0 Å². The molecule has 5 nitrogen and oxygen atoms in total. The lowest BCUT2D eigenvalue weighted by Gasteiger charge is -2.31. The first kappa shape index (κ1) is 15.1.